The number of ether oxygens (including phenoxy) is 1. The van der Waals surface area contributed by atoms with Gasteiger partial charge in [0.15, 0.2) is 0 Å². The number of nitrogens with zero attached hydrogens (tertiary/aromatic N) is 4. The van der Waals surface area contributed by atoms with Gasteiger partial charge in [0.1, 0.15) is 5.82 Å². The van der Waals surface area contributed by atoms with E-state index in [1.807, 2.05) is 52.2 Å². The minimum absolute atomic E-state index is 0.158. The maximum absolute atomic E-state index is 13.7. The Morgan fingerprint density at radius 2 is 1.69 bits per heavy atom. The van der Waals surface area contributed by atoms with Crippen molar-refractivity contribution in [1.82, 2.24) is 25.2 Å². The number of aryl methyl sites for hydroxylation is 3. The van der Waals surface area contributed by atoms with Gasteiger partial charge in [-0.05, 0) is 102 Å². The van der Waals surface area contributed by atoms with Gasteiger partial charge in [0.2, 0.25) is 0 Å². The molecule has 0 unspecified atom stereocenters. The highest BCUT2D eigenvalue weighted by Crippen LogP contribution is 2.35. The molecule has 0 spiro atoms. The average Bonchev–Trinajstić information content (AvgIpc) is 2.97. The predicted octanol–water partition coefficient (Wildman–Crippen LogP) is 4.71. The first-order chi connectivity index (χ1) is 20.1. The number of rotatable bonds is 11. The molecule has 3 aromatic rings. The van der Waals surface area contributed by atoms with E-state index in [2.05, 4.69) is 50.1 Å². The largest absolute Gasteiger partial charge is 0.383 e. The number of aromatic nitrogens is 3. The molecule has 9 heteroatoms. The molecular weight excluding hydrogens is 528 g/mol. The normalized spacial score (nSPS) is 17.0. The SMILES string of the molecule is CCN(c1cc(-c2cnc(C)nc2)cc(C(=O)NCc2c(C)cc(C)[nH]c2=O)c1C)[C@H]1CC[C@H](N(C)CCOC)CC1. The number of hydrogen-bond acceptors (Lipinski definition) is 7. The second-order valence-corrected chi connectivity index (χ2v) is 11.5. The maximum Gasteiger partial charge on any atom is 0.253 e. The number of anilines is 1. The standard InChI is InChI=1S/C33H46N6O3/c1-8-39(28-11-9-27(10-12-28)38(6)13-14-42-7)31-17-25(26-18-34-24(5)35-19-26)16-29(23(31)4)32(40)36-20-30-21(2)15-22(3)37-33(30)41/h15-19,27-28H,8-14,20H2,1-7H3,(H,36,40)(H,37,41)/t27-,28-. The number of amides is 1. The maximum atomic E-state index is 13.7. The van der Waals surface area contributed by atoms with Gasteiger partial charge in [0, 0.05) is 79.3 Å². The Morgan fingerprint density at radius 3 is 2.31 bits per heavy atom. The van der Waals surface area contributed by atoms with Crippen molar-refractivity contribution in [3.05, 3.63) is 74.7 Å². The van der Waals surface area contributed by atoms with Crippen LogP contribution < -0.4 is 15.8 Å². The van der Waals surface area contributed by atoms with E-state index in [1.165, 1.54) is 0 Å². The second-order valence-electron chi connectivity index (χ2n) is 11.5. The zero-order chi connectivity index (χ0) is 30.4. The van der Waals surface area contributed by atoms with E-state index >= 15 is 0 Å². The van der Waals surface area contributed by atoms with E-state index in [9.17, 15) is 9.59 Å². The van der Waals surface area contributed by atoms with Crippen LogP contribution in [0.2, 0.25) is 0 Å². The highest BCUT2D eigenvalue weighted by Gasteiger charge is 2.29. The molecule has 1 aromatic carbocycles. The molecule has 0 saturated heterocycles. The molecule has 2 N–H and O–H groups in total. The predicted molar refractivity (Wildman–Crippen MR) is 168 cm³/mol. The van der Waals surface area contributed by atoms with Gasteiger partial charge in [-0.15, -0.1) is 0 Å². The van der Waals surface area contributed by atoms with Crippen LogP contribution in [0.4, 0.5) is 5.69 Å². The molecule has 1 fully saturated rings. The van der Waals surface area contributed by atoms with E-state index in [0.717, 1.165) is 79.0 Å². The molecule has 1 aliphatic carbocycles. The highest BCUT2D eigenvalue weighted by molar-refractivity contribution is 5.98. The lowest BCUT2D eigenvalue weighted by Crippen LogP contribution is -2.44. The van der Waals surface area contributed by atoms with Crippen molar-refractivity contribution in [2.24, 2.45) is 0 Å². The number of hydrogen-bond donors (Lipinski definition) is 2. The van der Waals surface area contributed by atoms with Crippen LogP contribution in [0.5, 0.6) is 0 Å². The lowest BCUT2D eigenvalue weighted by molar-refractivity contribution is 0.0950. The molecule has 42 heavy (non-hydrogen) atoms. The molecule has 0 radical (unpaired) electrons. The Labute approximate surface area is 249 Å². The Kier molecular flexibility index (Phi) is 10.5. The summed E-state index contributed by atoms with van der Waals surface area (Å²) in [4.78, 5) is 42.8. The van der Waals surface area contributed by atoms with Crippen LogP contribution in [0, 0.1) is 27.7 Å². The summed E-state index contributed by atoms with van der Waals surface area (Å²) in [6.07, 6.45) is 8.05. The molecular formula is C33H46N6O3. The number of pyridine rings is 1. The van der Waals surface area contributed by atoms with Crippen LogP contribution in [-0.4, -0.2) is 71.7 Å². The Morgan fingerprint density at radius 1 is 1.02 bits per heavy atom. The van der Waals surface area contributed by atoms with Crippen molar-refractivity contribution in [3.63, 3.8) is 0 Å². The quantitative estimate of drug-likeness (QED) is 0.342. The van der Waals surface area contributed by atoms with Gasteiger partial charge in [-0.1, -0.05) is 0 Å². The third-order valence-corrected chi connectivity index (χ3v) is 8.69. The average molecular weight is 575 g/mol. The fourth-order valence-corrected chi connectivity index (χ4v) is 6.16. The van der Waals surface area contributed by atoms with Gasteiger partial charge in [-0.25, -0.2) is 9.97 Å². The summed E-state index contributed by atoms with van der Waals surface area (Å²) < 4.78 is 5.29. The molecule has 2 aromatic heterocycles. The molecule has 4 rings (SSSR count). The summed E-state index contributed by atoms with van der Waals surface area (Å²) in [5, 5.41) is 3.02. The third-order valence-electron chi connectivity index (χ3n) is 8.69. The van der Waals surface area contributed by atoms with Crippen molar-refractivity contribution >= 4 is 11.6 Å². The van der Waals surface area contributed by atoms with Gasteiger partial charge in [-0.3, -0.25) is 9.59 Å². The Hall–Kier alpha value is -3.56. The minimum atomic E-state index is -0.206. The first-order valence-corrected chi connectivity index (χ1v) is 15.0. The smallest absolute Gasteiger partial charge is 0.253 e. The van der Waals surface area contributed by atoms with Crippen LogP contribution in [0.1, 0.15) is 71.2 Å². The van der Waals surface area contributed by atoms with E-state index in [1.54, 1.807) is 7.11 Å². The van der Waals surface area contributed by atoms with Gasteiger partial charge < -0.3 is 24.8 Å². The van der Waals surface area contributed by atoms with E-state index in [-0.39, 0.29) is 18.0 Å². The van der Waals surface area contributed by atoms with Gasteiger partial charge >= 0.3 is 0 Å². The first kappa shape index (κ1) is 31.4. The Balaban J connectivity index is 1.64. The number of methoxy groups -OCH3 is 1. The number of H-pyrrole nitrogens is 1. The summed E-state index contributed by atoms with van der Waals surface area (Å²) in [7, 11) is 3.94. The molecule has 1 saturated carbocycles. The van der Waals surface area contributed by atoms with E-state index in [0.29, 0.717) is 29.0 Å². The number of likely N-dealkylation sites (N-methyl/N-ethyl adjacent to an activating group) is 1. The molecule has 9 nitrogen and oxygen atoms in total. The highest BCUT2D eigenvalue weighted by atomic mass is 16.5. The first-order valence-electron chi connectivity index (χ1n) is 15.0. The van der Waals surface area contributed by atoms with E-state index in [4.69, 9.17) is 4.74 Å². The second kappa shape index (κ2) is 14.1. The van der Waals surface area contributed by atoms with Gasteiger partial charge in [0.05, 0.1) is 6.61 Å². The van der Waals surface area contributed by atoms with Crippen molar-refractivity contribution in [1.29, 1.82) is 0 Å². The van der Waals surface area contributed by atoms with Crippen molar-refractivity contribution in [3.8, 4) is 11.1 Å². The van der Waals surface area contributed by atoms with E-state index < -0.39 is 0 Å². The van der Waals surface area contributed by atoms with Crippen molar-refractivity contribution < 1.29 is 9.53 Å². The number of aromatic amines is 1. The van der Waals surface area contributed by atoms with Crippen LogP contribution in [0.25, 0.3) is 11.1 Å². The van der Waals surface area contributed by atoms with Crippen LogP contribution in [-0.2, 0) is 11.3 Å². The third kappa shape index (κ3) is 7.25. The molecule has 226 valence electrons. The summed E-state index contributed by atoms with van der Waals surface area (Å²) in [5.41, 5.74) is 6.40. The van der Waals surface area contributed by atoms with Gasteiger partial charge in [0.25, 0.3) is 11.5 Å². The zero-order valence-corrected chi connectivity index (χ0v) is 26.2. The van der Waals surface area contributed by atoms with Gasteiger partial charge in [-0.2, -0.15) is 0 Å². The number of nitrogens with one attached hydrogen (secondary N) is 2. The lowest BCUT2D eigenvalue weighted by atomic mass is 9.88. The summed E-state index contributed by atoms with van der Waals surface area (Å²) in [6, 6.07) is 6.96. The number of benzene rings is 1. The Bertz CT molecular complexity index is 1430. The van der Waals surface area contributed by atoms with Crippen LogP contribution >= 0.6 is 0 Å². The minimum Gasteiger partial charge on any atom is -0.383 e. The lowest BCUT2D eigenvalue weighted by Gasteiger charge is -2.41. The van der Waals surface area contributed by atoms with Crippen LogP contribution in [0.3, 0.4) is 0 Å². The molecule has 2 heterocycles. The topological polar surface area (TPSA) is 103 Å². The summed E-state index contributed by atoms with van der Waals surface area (Å²) >= 11 is 0. The molecule has 0 aliphatic heterocycles. The van der Waals surface area contributed by atoms with Crippen molar-refractivity contribution in [2.45, 2.75) is 78.9 Å². The fourth-order valence-electron chi connectivity index (χ4n) is 6.16. The summed E-state index contributed by atoms with van der Waals surface area (Å²) in [5.74, 6) is 0.493. The zero-order valence-electron chi connectivity index (χ0n) is 26.2. The molecule has 1 aliphatic rings. The van der Waals surface area contributed by atoms with Crippen LogP contribution in [0.15, 0.2) is 35.4 Å². The summed E-state index contributed by atoms with van der Waals surface area (Å²) in [6.45, 7) is 12.5. The number of carbonyl (C=O) groups is 1. The molecule has 0 bridgehead atoms. The fraction of sp³-hybridized carbons (Fsp3) is 0.515. The number of carbonyl (C=O) groups excluding carboxylic acids is 1. The monoisotopic (exact) mass is 574 g/mol. The van der Waals surface area contributed by atoms with Crippen molar-refractivity contribution in [2.75, 3.05) is 38.8 Å². The molecule has 1 amide bonds. The molecule has 0 atom stereocenters.